The van der Waals surface area contributed by atoms with Gasteiger partial charge in [-0.15, -0.1) is 0 Å². The summed E-state index contributed by atoms with van der Waals surface area (Å²) >= 11 is 4.07. The Morgan fingerprint density at radius 3 is 3.00 bits per heavy atom. The second-order valence-electron chi connectivity index (χ2n) is 4.59. The average molecular weight is 301 g/mol. The fraction of sp³-hybridized carbons (Fsp3) is 0.571. The lowest BCUT2D eigenvalue weighted by Crippen LogP contribution is -2.30. The molecule has 1 aliphatic rings. The van der Waals surface area contributed by atoms with E-state index in [4.69, 9.17) is 4.74 Å². The van der Waals surface area contributed by atoms with Crippen molar-refractivity contribution in [3.63, 3.8) is 0 Å². The van der Waals surface area contributed by atoms with E-state index in [1.807, 2.05) is 29.6 Å². The van der Waals surface area contributed by atoms with Crippen LogP contribution in [-0.2, 0) is 0 Å². The molecule has 0 saturated carbocycles. The minimum atomic E-state index is -0.308. The van der Waals surface area contributed by atoms with Crippen molar-refractivity contribution in [2.24, 2.45) is 0 Å². The Labute approximate surface area is 122 Å². The van der Waals surface area contributed by atoms with Crippen LogP contribution in [0.2, 0.25) is 0 Å². The van der Waals surface area contributed by atoms with E-state index in [0.29, 0.717) is 11.0 Å². The zero-order valence-electron chi connectivity index (χ0n) is 11.3. The van der Waals surface area contributed by atoms with E-state index in [9.17, 15) is 4.39 Å². The fourth-order valence-corrected chi connectivity index (χ4v) is 4.65. The van der Waals surface area contributed by atoms with E-state index in [1.54, 1.807) is 6.07 Å². The molecule has 1 aromatic carbocycles. The Bertz CT molecular complexity index is 410. The molecule has 5 heteroatoms. The molecule has 0 bridgehead atoms. The van der Waals surface area contributed by atoms with E-state index < -0.39 is 0 Å². The highest BCUT2D eigenvalue weighted by Gasteiger charge is 2.16. The summed E-state index contributed by atoms with van der Waals surface area (Å²) in [7, 11) is 1.50. The Morgan fingerprint density at radius 1 is 1.47 bits per heavy atom. The summed E-state index contributed by atoms with van der Waals surface area (Å²) in [6, 6.07) is 5.27. The number of hydrogen-bond donors (Lipinski definition) is 1. The van der Waals surface area contributed by atoms with Gasteiger partial charge < -0.3 is 10.1 Å². The first-order chi connectivity index (χ1) is 9.20. The number of ether oxygens (including phenoxy) is 1. The van der Waals surface area contributed by atoms with Crippen LogP contribution in [0.25, 0.3) is 0 Å². The van der Waals surface area contributed by atoms with Crippen LogP contribution >= 0.6 is 23.5 Å². The van der Waals surface area contributed by atoms with Crippen molar-refractivity contribution in [3.05, 3.63) is 29.6 Å². The molecular weight excluding hydrogens is 281 g/mol. The van der Waals surface area contributed by atoms with Gasteiger partial charge in [0.05, 0.1) is 7.11 Å². The Kier molecular flexibility index (Phi) is 5.85. The van der Waals surface area contributed by atoms with Gasteiger partial charge in [0, 0.05) is 35.1 Å². The molecule has 2 unspecified atom stereocenters. The summed E-state index contributed by atoms with van der Waals surface area (Å²) in [5.41, 5.74) is 1.06. The van der Waals surface area contributed by atoms with Crippen LogP contribution in [0.4, 0.5) is 4.39 Å². The molecule has 1 N–H and O–H groups in total. The highest BCUT2D eigenvalue weighted by molar-refractivity contribution is 8.06. The Morgan fingerprint density at radius 2 is 2.32 bits per heavy atom. The first-order valence-corrected chi connectivity index (χ1v) is 8.67. The molecule has 19 heavy (non-hydrogen) atoms. The maximum atomic E-state index is 13.4. The molecule has 2 nitrogen and oxygen atoms in total. The number of thioether (sulfide) groups is 2. The van der Waals surface area contributed by atoms with Crippen LogP contribution in [0, 0.1) is 5.82 Å². The smallest absolute Gasteiger partial charge is 0.165 e. The second-order valence-corrected chi connectivity index (χ2v) is 7.15. The highest BCUT2D eigenvalue weighted by Crippen LogP contribution is 2.25. The van der Waals surface area contributed by atoms with Gasteiger partial charge in [-0.25, -0.2) is 4.39 Å². The normalized spacial score (nSPS) is 21.1. The fourth-order valence-electron chi connectivity index (χ4n) is 2.03. The van der Waals surface area contributed by atoms with Crippen molar-refractivity contribution in [1.29, 1.82) is 0 Å². The SMILES string of the molecule is COc1cc(C(C)NCC2CSCCS2)ccc1F. The molecule has 1 aromatic rings. The van der Waals surface area contributed by atoms with Crippen molar-refractivity contribution >= 4 is 23.5 Å². The number of rotatable bonds is 5. The van der Waals surface area contributed by atoms with Crippen molar-refractivity contribution in [3.8, 4) is 5.75 Å². The second kappa shape index (κ2) is 7.41. The summed E-state index contributed by atoms with van der Waals surface area (Å²) in [6.45, 7) is 3.10. The lowest BCUT2D eigenvalue weighted by Gasteiger charge is -2.23. The van der Waals surface area contributed by atoms with Crippen LogP contribution in [-0.4, -0.2) is 36.2 Å². The summed E-state index contributed by atoms with van der Waals surface area (Å²) in [5, 5.41) is 4.21. The molecule has 0 aliphatic carbocycles. The van der Waals surface area contributed by atoms with Gasteiger partial charge >= 0.3 is 0 Å². The monoisotopic (exact) mass is 301 g/mol. The molecule has 0 spiro atoms. The molecule has 1 aliphatic heterocycles. The van der Waals surface area contributed by atoms with E-state index in [-0.39, 0.29) is 11.9 Å². The third-order valence-electron chi connectivity index (χ3n) is 3.21. The third-order valence-corrected chi connectivity index (χ3v) is 6.06. The molecule has 0 radical (unpaired) electrons. The van der Waals surface area contributed by atoms with E-state index in [0.717, 1.165) is 12.1 Å². The number of halogens is 1. The van der Waals surface area contributed by atoms with Crippen molar-refractivity contribution < 1.29 is 9.13 Å². The number of benzene rings is 1. The minimum Gasteiger partial charge on any atom is -0.494 e. The largest absolute Gasteiger partial charge is 0.494 e. The van der Waals surface area contributed by atoms with Crippen molar-refractivity contribution in [1.82, 2.24) is 5.32 Å². The summed E-state index contributed by atoms with van der Waals surface area (Å²) < 4.78 is 18.4. The molecule has 1 heterocycles. The van der Waals surface area contributed by atoms with Crippen LogP contribution in [0.15, 0.2) is 18.2 Å². The van der Waals surface area contributed by atoms with Crippen LogP contribution in [0.5, 0.6) is 5.75 Å². The average Bonchev–Trinajstić information content (AvgIpc) is 2.46. The van der Waals surface area contributed by atoms with E-state index >= 15 is 0 Å². The predicted molar refractivity (Wildman–Crippen MR) is 82.9 cm³/mol. The zero-order chi connectivity index (χ0) is 13.7. The summed E-state index contributed by atoms with van der Waals surface area (Å²) in [4.78, 5) is 0. The van der Waals surface area contributed by atoms with Crippen LogP contribution in [0.3, 0.4) is 0 Å². The quantitative estimate of drug-likeness (QED) is 0.900. The molecule has 2 rings (SSSR count). The highest BCUT2D eigenvalue weighted by atomic mass is 32.2. The summed E-state index contributed by atoms with van der Waals surface area (Å²) in [5.74, 6) is 3.74. The predicted octanol–water partition coefficient (Wildman–Crippen LogP) is 3.33. The third kappa shape index (κ3) is 4.29. The molecule has 106 valence electrons. The van der Waals surface area contributed by atoms with Gasteiger partial charge in [0.2, 0.25) is 0 Å². The van der Waals surface area contributed by atoms with E-state index in [2.05, 4.69) is 12.2 Å². The van der Waals surface area contributed by atoms with Gasteiger partial charge in [0.1, 0.15) is 0 Å². The van der Waals surface area contributed by atoms with Gasteiger partial charge in [-0.1, -0.05) is 6.07 Å². The zero-order valence-corrected chi connectivity index (χ0v) is 13.0. The van der Waals surface area contributed by atoms with Crippen LogP contribution in [0.1, 0.15) is 18.5 Å². The molecule has 2 atom stereocenters. The van der Waals surface area contributed by atoms with Gasteiger partial charge in [-0.05, 0) is 24.6 Å². The molecule has 1 fully saturated rings. The first kappa shape index (κ1) is 15.0. The lowest BCUT2D eigenvalue weighted by molar-refractivity contribution is 0.385. The van der Waals surface area contributed by atoms with Crippen molar-refractivity contribution in [2.75, 3.05) is 30.9 Å². The van der Waals surface area contributed by atoms with Gasteiger partial charge in [0.25, 0.3) is 0 Å². The van der Waals surface area contributed by atoms with Gasteiger partial charge in [0.15, 0.2) is 11.6 Å². The van der Waals surface area contributed by atoms with E-state index in [1.165, 1.54) is 30.4 Å². The molecular formula is C14H20FNOS2. The minimum absolute atomic E-state index is 0.210. The lowest BCUT2D eigenvalue weighted by atomic mass is 10.1. The molecule has 0 aromatic heterocycles. The van der Waals surface area contributed by atoms with Crippen molar-refractivity contribution in [2.45, 2.75) is 18.2 Å². The number of nitrogens with one attached hydrogen (secondary N) is 1. The number of methoxy groups -OCH3 is 1. The maximum absolute atomic E-state index is 13.4. The Hall–Kier alpha value is -0.390. The maximum Gasteiger partial charge on any atom is 0.165 e. The first-order valence-electron chi connectivity index (χ1n) is 6.47. The molecule has 1 saturated heterocycles. The van der Waals surface area contributed by atoms with Crippen LogP contribution < -0.4 is 10.1 Å². The number of hydrogen-bond acceptors (Lipinski definition) is 4. The topological polar surface area (TPSA) is 21.3 Å². The summed E-state index contributed by atoms with van der Waals surface area (Å²) in [6.07, 6.45) is 0. The standard InChI is InChI=1S/C14H20FNOS2/c1-10(16-8-12-9-18-5-6-19-12)11-3-4-13(15)14(7-11)17-2/h3-4,7,10,12,16H,5-6,8-9H2,1-2H3. The molecule has 0 amide bonds. The van der Waals surface area contributed by atoms with Gasteiger partial charge in [-0.2, -0.15) is 23.5 Å². The van der Waals surface area contributed by atoms with Gasteiger partial charge in [-0.3, -0.25) is 0 Å². The Balaban J connectivity index is 1.89.